The van der Waals surface area contributed by atoms with Crippen molar-refractivity contribution < 1.29 is 4.79 Å². The number of likely N-dealkylation sites (tertiary alicyclic amines) is 1. The molecule has 0 aliphatic carbocycles. The van der Waals surface area contributed by atoms with E-state index >= 15 is 0 Å². The van der Waals surface area contributed by atoms with Crippen LogP contribution < -0.4 is 21.3 Å². The molecule has 8 nitrogen and oxygen atoms in total. The summed E-state index contributed by atoms with van der Waals surface area (Å²) in [5.74, 6) is 1.59. The Labute approximate surface area is 173 Å². The molecule has 2 aliphatic rings. The van der Waals surface area contributed by atoms with Gasteiger partial charge in [-0.2, -0.15) is 0 Å². The van der Waals surface area contributed by atoms with Crippen LogP contribution in [0.3, 0.4) is 0 Å². The lowest BCUT2D eigenvalue weighted by Crippen LogP contribution is -2.44. The van der Waals surface area contributed by atoms with Crippen LogP contribution in [0.5, 0.6) is 0 Å². The van der Waals surface area contributed by atoms with Crippen molar-refractivity contribution in [2.75, 3.05) is 44.7 Å². The average Bonchev–Trinajstić information content (AvgIpc) is 3.22. The van der Waals surface area contributed by atoms with Crippen molar-refractivity contribution >= 4 is 17.7 Å². The van der Waals surface area contributed by atoms with Crippen LogP contribution >= 0.6 is 0 Å². The Balaban J connectivity index is 1.54. The van der Waals surface area contributed by atoms with Crippen molar-refractivity contribution in [1.29, 1.82) is 0 Å². The summed E-state index contributed by atoms with van der Waals surface area (Å²) in [5, 5.41) is 6.90. The van der Waals surface area contributed by atoms with Crippen molar-refractivity contribution in [3.63, 3.8) is 0 Å². The standard InChI is InChI=1S/C21H35N7O/c1-3-27-11-5-7-18(27)15-26-21(23-2)25-14-17-6-4-10-24-20(17)28-12-8-16(9-13-28)19(22)29/h4,6,10,16,18H,3,5,7-9,11-15H2,1-2H3,(H2,22,29)(H2,23,25,26). The Hall–Kier alpha value is -2.35. The molecule has 0 bridgehead atoms. The minimum Gasteiger partial charge on any atom is -0.369 e. The summed E-state index contributed by atoms with van der Waals surface area (Å²) >= 11 is 0. The zero-order valence-corrected chi connectivity index (χ0v) is 17.7. The molecule has 1 aromatic rings. The lowest BCUT2D eigenvalue weighted by Gasteiger charge is -2.32. The first kappa shape index (κ1) is 21.4. The summed E-state index contributed by atoms with van der Waals surface area (Å²) in [6, 6.07) is 4.64. The van der Waals surface area contributed by atoms with Gasteiger partial charge in [-0.15, -0.1) is 0 Å². The zero-order valence-electron chi connectivity index (χ0n) is 17.7. The topological polar surface area (TPSA) is 98.9 Å². The number of hydrogen-bond acceptors (Lipinski definition) is 5. The quantitative estimate of drug-likeness (QED) is 0.464. The van der Waals surface area contributed by atoms with E-state index in [1.807, 2.05) is 12.3 Å². The monoisotopic (exact) mass is 401 g/mol. The van der Waals surface area contributed by atoms with Gasteiger partial charge in [-0.1, -0.05) is 13.0 Å². The molecule has 1 unspecified atom stereocenters. The van der Waals surface area contributed by atoms with E-state index in [1.165, 1.54) is 19.4 Å². The molecule has 160 valence electrons. The fourth-order valence-electron chi connectivity index (χ4n) is 4.39. The highest BCUT2D eigenvalue weighted by atomic mass is 16.1. The number of likely N-dealkylation sites (N-methyl/N-ethyl adjacent to an activating group) is 1. The summed E-state index contributed by atoms with van der Waals surface area (Å²) in [4.78, 5) is 25.2. The molecule has 3 heterocycles. The van der Waals surface area contributed by atoms with Gasteiger partial charge in [-0.05, 0) is 44.8 Å². The number of nitrogens with two attached hydrogens (primary N) is 1. The van der Waals surface area contributed by atoms with E-state index in [0.29, 0.717) is 12.6 Å². The maximum atomic E-state index is 11.4. The molecule has 0 saturated carbocycles. The molecule has 2 saturated heterocycles. The number of anilines is 1. The number of guanidine groups is 1. The summed E-state index contributed by atoms with van der Waals surface area (Å²) in [5.41, 5.74) is 6.59. The summed E-state index contributed by atoms with van der Waals surface area (Å²) in [7, 11) is 1.81. The molecule has 1 amide bonds. The molecular formula is C21H35N7O. The van der Waals surface area contributed by atoms with Crippen molar-refractivity contribution in [2.45, 2.75) is 45.2 Å². The molecular weight excluding hydrogens is 366 g/mol. The van der Waals surface area contributed by atoms with Crippen LogP contribution in [0.2, 0.25) is 0 Å². The molecule has 4 N–H and O–H groups in total. The summed E-state index contributed by atoms with van der Waals surface area (Å²) in [6.45, 7) is 7.69. The van der Waals surface area contributed by atoms with E-state index in [1.54, 1.807) is 7.05 Å². The Bertz CT molecular complexity index is 700. The second-order valence-corrected chi connectivity index (χ2v) is 7.88. The molecule has 0 aromatic carbocycles. The van der Waals surface area contributed by atoms with E-state index in [-0.39, 0.29) is 11.8 Å². The first-order chi connectivity index (χ1) is 14.1. The first-order valence-electron chi connectivity index (χ1n) is 10.8. The number of rotatable bonds is 7. The number of carbonyl (C=O) groups excluding carboxylic acids is 1. The highest BCUT2D eigenvalue weighted by Crippen LogP contribution is 2.24. The maximum Gasteiger partial charge on any atom is 0.220 e. The van der Waals surface area contributed by atoms with Crippen LogP contribution in [0.15, 0.2) is 23.3 Å². The van der Waals surface area contributed by atoms with Gasteiger partial charge < -0.3 is 21.3 Å². The highest BCUT2D eigenvalue weighted by molar-refractivity contribution is 5.80. The predicted octanol–water partition coefficient (Wildman–Crippen LogP) is 0.933. The van der Waals surface area contributed by atoms with Gasteiger partial charge in [0.1, 0.15) is 5.82 Å². The molecule has 2 fully saturated rings. The molecule has 8 heteroatoms. The SMILES string of the molecule is CCN1CCCC1CNC(=NC)NCc1cccnc1N1CCC(C(N)=O)CC1. The normalized spacial score (nSPS) is 21.4. The molecule has 0 radical (unpaired) electrons. The second kappa shape index (κ2) is 10.4. The van der Waals surface area contributed by atoms with Gasteiger partial charge in [0.25, 0.3) is 0 Å². The highest BCUT2D eigenvalue weighted by Gasteiger charge is 2.25. The van der Waals surface area contributed by atoms with Gasteiger partial charge in [0.15, 0.2) is 5.96 Å². The number of piperidine rings is 1. The van der Waals surface area contributed by atoms with Crippen molar-refractivity contribution in [1.82, 2.24) is 20.5 Å². The van der Waals surface area contributed by atoms with Gasteiger partial charge in [-0.3, -0.25) is 14.7 Å². The van der Waals surface area contributed by atoms with E-state index < -0.39 is 0 Å². The fourth-order valence-corrected chi connectivity index (χ4v) is 4.39. The van der Waals surface area contributed by atoms with Crippen molar-refractivity contribution in [2.24, 2.45) is 16.6 Å². The van der Waals surface area contributed by atoms with Gasteiger partial charge >= 0.3 is 0 Å². The Kier molecular flexibility index (Phi) is 7.69. The number of nitrogens with one attached hydrogen (secondary N) is 2. The van der Waals surface area contributed by atoms with E-state index in [0.717, 1.165) is 56.4 Å². The Morgan fingerprint density at radius 2 is 2.07 bits per heavy atom. The first-order valence-corrected chi connectivity index (χ1v) is 10.8. The fraction of sp³-hybridized carbons (Fsp3) is 0.667. The lowest BCUT2D eigenvalue weighted by molar-refractivity contribution is -0.122. The van der Waals surface area contributed by atoms with E-state index in [2.05, 4.69) is 43.4 Å². The van der Waals surface area contributed by atoms with E-state index in [9.17, 15) is 4.79 Å². The molecule has 1 aromatic heterocycles. The van der Waals surface area contributed by atoms with Crippen LogP contribution in [-0.4, -0.2) is 67.6 Å². The van der Waals surface area contributed by atoms with Crippen LogP contribution in [0.1, 0.15) is 38.2 Å². The van der Waals surface area contributed by atoms with Gasteiger partial charge in [-0.25, -0.2) is 4.98 Å². The minimum atomic E-state index is -0.189. The van der Waals surface area contributed by atoms with Gasteiger partial charge in [0.05, 0.1) is 0 Å². The smallest absolute Gasteiger partial charge is 0.220 e. The largest absolute Gasteiger partial charge is 0.369 e. The molecule has 3 rings (SSSR count). The van der Waals surface area contributed by atoms with Gasteiger partial charge in [0, 0.05) is 56.9 Å². The molecule has 2 aliphatic heterocycles. The van der Waals surface area contributed by atoms with Crippen molar-refractivity contribution in [3.05, 3.63) is 23.9 Å². The number of hydrogen-bond donors (Lipinski definition) is 3. The van der Waals surface area contributed by atoms with Crippen molar-refractivity contribution in [3.8, 4) is 0 Å². The van der Waals surface area contributed by atoms with E-state index in [4.69, 9.17) is 5.73 Å². The Morgan fingerprint density at radius 3 is 2.76 bits per heavy atom. The van der Waals surface area contributed by atoms with Crippen LogP contribution in [-0.2, 0) is 11.3 Å². The number of carbonyl (C=O) groups is 1. The predicted molar refractivity (Wildman–Crippen MR) is 117 cm³/mol. The van der Waals surface area contributed by atoms with Crippen LogP contribution in [0.4, 0.5) is 5.82 Å². The number of primary amides is 1. The minimum absolute atomic E-state index is 0.0159. The van der Waals surface area contributed by atoms with Gasteiger partial charge in [0.2, 0.25) is 5.91 Å². The molecule has 1 atom stereocenters. The molecule has 0 spiro atoms. The third-order valence-corrected chi connectivity index (χ3v) is 6.14. The lowest BCUT2D eigenvalue weighted by atomic mass is 9.96. The number of aliphatic imine (C=N–C) groups is 1. The maximum absolute atomic E-state index is 11.4. The Morgan fingerprint density at radius 1 is 1.28 bits per heavy atom. The number of pyridine rings is 1. The van der Waals surface area contributed by atoms with Crippen LogP contribution in [0.25, 0.3) is 0 Å². The summed E-state index contributed by atoms with van der Waals surface area (Å²) < 4.78 is 0. The summed E-state index contributed by atoms with van der Waals surface area (Å²) in [6.07, 6.45) is 5.92. The molecule has 29 heavy (non-hydrogen) atoms. The third kappa shape index (κ3) is 5.59. The number of nitrogens with zero attached hydrogens (tertiary/aromatic N) is 4. The second-order valence-electron chi connectivity index (χ2n) is 7.88. The average molecular weight is 402 g/mol. The third-order valence-electron chi connectivity index (χ3n) is 6.14. The van der Waals surface area contributed by atoms with Crippen LogP contribution in [0, 0.1) is 5.92 Å². The number of amides is 1. The zero-order chi connectivity index (χ0) is 20.6. The number of aromatic nitrogens is 1.